The molecule has 1 aliphatic rings. The van der Waals surface area contributed by atoms with Gasteiger partial charge in [0.2, 0.25) is 11.9 Å². The highest BCUT2D eigenvalue weighted by molar-refractivity contribution is 5.92. The molecule has 0 saturated heterocycles. The second-order valence-corrected chi connectivity index (χ2v) is 7.14. The molecule has 2 aromatic rings. The molecule has 1 aliphatic carbocycles. The van der Waals surface area contributed by atoms with Gasteiger partial charge in [-0.25, -0.2) is 0 Å². The second-order valence-electron chi connectivity index (χ2n) is 7.14. The molecule has 2 heterocycles. The van der Waals surface area contributed by atoms with Crippen LogP contribution in [0.2, 0.25) is 0 Å². The summed E-state index contributed by atoms with van der Waals surface area (Å²) in [7, 11) is 0. The van der Waals surface area contributed by atoms with Crippen LogP contribution in [0.1, 0.15) is 70.2 Å². The van der Waals surface area contributed by atoms with Crippen LogP contribution in [0.25, 0.3) is 0 Å². The van der Waals surface area contributed by atoms with Crippen molar-refractivity contribution in [2.24, 2.45) is 5.92 Å². The van der Waals surface area contributed by atoms with E-state index in [0.29, 0.717) is 17.8 Å². The largest absolute Gasteiger partial charge is 0.342 e. The van der Waals surface area contributed by atoms with Crippen molar-refractivity contribution in [3.05, 3.63) is 30.4 Å². The highest BCUT2D eigenvalue weighted by Gasteiger charge is 2.24. The quantitative estimate of drug-likeness (QED) is 0.844. The van der Waals surface area contributed by atoms with Crippen LogP contribution < -0.4 is 5.32 Å². The molecule has 1 fully saturated rings. The van der Waals surface area contributed by atoms with Gasteiger partial charge in [0.25, 0.3) is 0 Å². The van der Waals surface area contributed by atoms with E-state index in [0.717, 1.165) is 25.1 Å². The molecule has 0 unspecified atom stereocenters. The van der Waals surface area contributed by atoms with Crippen LogP contribution in [-0.2, 0) is 4.79 Å². The van der Waals surface area contributed by atoms with E-state index in [-0.39, 0.29) is 11.9 Å². The van der Waals surface area contributed by atoms with Gasteiger partial charge < -0.3 is 4.57 Å². The number of H-pyrrole nitrogens is 1. The molecule has 2 aromatic heterocycles. The molecular formula is C18H27N5O. The molecule has 24 heavy (non-hydrogen) atoms. The molecular weight excluding hydrogens is 302 g/mol. The Balaban J connectivity index is 1.67. The summed E-state index contributed by atoms with van der Waals surface area (Å²) in [6, 6.07) is 3.64. The molecule has 1 saturated carbocycles. The lowest BCUT2D eigenvalue weighted by atomic mass is 9.89. The Bertz CT molecular complexity index is 640. The summed E-state index contributed by atoms with van der Waals surface area (Å²) in [5.74, 6) is 2.11. The molecule has 0 aliphatic heterocycles. The fourth-order valence-corrected chi connectivity index (χ4v) is 3.45. The topological polar surface area (TPSA) is 75.6 Å². The van der Waals surface area contributed by atoms with E-state index in [1.165, 1.54) is 19.3 Å². The summed E-state index contributed by atoms with van der Waals surface area (Å²) in [4.78, 5) is 17.2. The number of nitrogens with one attached hydrogen (secondary N) is 2. The zero-order valence-corrected chi connectivity index (χ0v) is 14.5. The predicted molar refractivity (Wildman–Crippen MR) is 93.8 cm³/mol. The first kappa shape index (κ1) is 16.7. The van der Waals surface area contributed by atoms with Crippen molar-refractivity contribution in [2.45, 2.75) is 64.3 Å². The lowest BCUT2D eigenvalue weighted by molar-refractivity contribution is -0.119. The van der Waals surface area contributed by atoms with Gasteiger partial charge >= 0.3 is 0 Å². The summed E-state index contributed by atoms with van der Waals surface area (Å²) in [6.45, 7) is 4.25. The van der Waals surface area contributed by atoms with E-state index < -0.39 is 0 Å². The van der Waals surface area contributed by atoms with Crippen molar-refractivity contribution in [1.82, 2.24) is 19.7 Å². The molecule has 0 aromatic carbocycles. The Hall–Kier alpha value is -2.11. The molecule has 0 bridgehead atoms. The van der Waals surface area contributed by atoms with Crippen molar-refractivity contribution >= 4 is 11.9 Å². The Labute approximate surface area is 143 Å². The minimum absolute atomic E-state index is 0.0610. The van der Waals surface area contributed by atoms with Crippen LogP contribution >= 0.6 is 0 Å². The minimum atomic E-state index is -0.239. The monoisotopic (exact) mass is 329 g/mol. The number of hydrogen-bond acceptors (Lipinski definition) is 3. The van der Waals surface area contributed by atoms with Crippen LogP contribution in [0.15, 0.2) is 24.5 Å². The molecule has 3 rings (SSSR count). The molecule has 6 nitrogen and oxygen atoms in total. The third kappa shape index (κ3) is 4.04. The maximum Gasteiger partial charge on any atom is 0.249 e. The summed E-state index contributed by atoms with van der Waals surface area (Å²) in [6.07, 6.45) is 10.7. The molecule has 1 amide bonds. The van der Waals surface area contributed by atoms with E-state index in [2.05, 4.69) is 34.3 Å². The Morgan fingerprint density at radius 1 is 1.29 bits per heavy atom. The third-order valence-corrected chi connectivity index (χ3v) is 4.71. The van der Waals surface area contributed by atoms with Gasteiger partial charge in [-0.3, -0.25) is 15.2 Å². The first-order valence-electron chi connectivity index (χ1n) is 8.99. The van der Waals surface area contributed by atoms with Gasteiger partial charge in [0.05, 0.1) is 0 Å². The molecule has 130 valence electrons. The predicted octanol–water partition coefficient (Wildman–Crippen LogP) is 3.88. The van der Waals surface area contributed by atoms with Crippen LogP contribution in [-0.4, -0.2) is 25.7 Å². The normalized spacial score (nSPS) is 17.1. The van der Waals surface area contributed by atoms with E-state index in [9.17, 15) is 4.79 Å². The molecule has 0 spiro atoms. The van der Waals surface area contributed by atoms with E-state index in [1.807, 2.05) is 29.1 Å². The fourth-order valence-electron chi connectivity index (χ4n) is 3.45. The second kappa shape index (κ2) is 7.64. The number of rotatable bonds is 6. The summed E-state index contributed by atoms with van der Waals surface area (Å²) in [5, 5.41) is 10.1. The summed E-state index contributed by atoms with van der Waals surface area (Å²) in [5.41, 5.74) is 0. The van der Waals surface area contributed by atoms with Gasteiger partial charge in [-0.15, -0.1) is 5.10 Å². The minimum Gasteiger partial charge on any atom is -0.342 e. The van der Waals surface area contributed by atoms with Crippen molar-refractivity contribution in [3.8, 4) is 0 Å². The zero-order chi connectivity index (χ0) is 16.9. The maximum atomic E-state index is 12.7. The average molecular weight is 329 g/mol. The highest BCUT2D eigenvalue weighted by atomic mass is 16.2. The number of anilines is 1. The highest BCUT2D eigenvalue weighted by Crippen LogP contribution is 2.30. The number of carbonyl (C=O) groups excluding carboxylic acids is 1. The van der Waals surface area contributed by atoms with Gasteiger partial charge in [-0.2, -0.15) is 4.98 Å². The van der Waals surface area contributed by atoms with Gasteiger partial charge in [-0.05, 0) is 37.3 Å². The molecule has 1 atom stereocenters. The van der Waals surface area contributed by atoms with Gasteiger partial charge in [0, 0.05) is 18.3 Å². The van der Waals surface area contributed by atoms with Crippen LogP contribution in [0.4, 0.5) is 5.95 Å². The van der Waals surface area contributed by atoms with E-state index in [1.54, 1.807) is 0 Å². The van der Waals surface area contributed by atoms with Crippen molar-refractivity contribution in [3.63, 3.8) is 0 Å². The number of aromatic amines is 1. The van der Waals surface area contributed by atoms with E-state index in [4.69, 9.17) is 0 Å². The average Bonchev–Trinajstić information content (AvgIpc) is 3.25. The summed E-state index contributed by atoms with van der Waals surface area (Å²) < 4.78 is 1.95. The number of hydrogen-bond donors (Lipinski definition) is 2. The first-order valence-corrected chi connectivity index (χ1v) is 8.99. The molecule has 6 heteroatoms. The van der Waals surface area contributed by atoms with Gasteiger partial charge in [0.1, 0.15) is 11.9 Å². The van der Waals surface area contributed by atoms with Gasteiger partial charge in [-0.1, -0.05) is 33.1 Å². The number of carbonyl (C=O) groups is 1. The smallest absolute Gasteiger partial charge is 0.249 e. The van der Waals surface area contributed by atoms with Gasteiger partial charge in [0.15, 0.2) is 0 Å². The zero-order valence-electron chi connectivity index (χ0n) is 14.5. The van der Waals surface area contributed by atoms with Crippen molar-refractivity contribution in [2.75, 3.05) is 5.32 Å². The number of aromatic nitrogens is 4. The molecule has 2 N–H and O–H groups in total. The van der Waals surface area contributed by atoms with Crippen molar-refractivity contribution in [1.29, 1.82) is 0 Å². The maximum absolute atomic E-state index is 12.7. The Morgan fingerprint density at radius 3 is 2.67 bits per heavy atom. The standard InChI is InChI=1S/C18H27N5O/c1-13(2)12-15(23-10-6-7-11-23)17(24)20-18-19-16(21-22-18)14-8-4-3-5-9-14/h6-7,10-11,13-15H,3-5,8-9,12H2,1-2H3,(H2,19,20,21,22,24)/t15-/m0/s1. The number of nitrogens with zero attached hydrogens (tertiary/aromatic N) is 3. The van der Waals surface area contributed by atoms with Crippen molar-refractivity contribution < 1.29 is 4.79 Å². The summed E-state index contributed by atoms with van der Waals surface area (Å²) >= 11 is 0. The Kier molecular flexibility index (Phi) is 5.33. The SMILES string of the molecule is CC(C)C[C@@H](C(=O)Nc1n[nH]c(C2CCCCC2)n1)n1cccc1. The fraction of sp³-hybridized carbons (Fsp3) is 0.611. The Morgan fingerprint density at radius 2 is 2.00 bits per heavy atom. The van der Waals surface area contributed by atoms with E-state index >= 15 is 0 Å². The van der Waals surface area contributed by atoms with Crippen LogP contribution in [0.5, 0.6) is 0 Å². The van der Waals surface area contributed by atoms with Crippen LogP contribution in [0.3, 0.4) is 0 Å². The third-order valence-electron chi connectivity index (χ3n) is 4.71. The lowest BCUT2D eigenvalue weighted by Crippen LogP contribution is -2.27. The van der Waals surface area contributed by atoms with Crippen LogP contribution in [0, 0.1) is 5.92 Å². The first-order chi connectivity index (χ1) is 11.6. The number of amides is 1. The molecule has 0 radical (unpaired) electrons. The lowest BCUT2D eigenvalue weighted by Gasteiger charge is -2.19.